The molecular weight excluding hydrogens is 891 g/mol. The van der Waals surface area contributed by atoms with Gasteiger partial charge in [-0.3, -0.25) is 0 Å². The molecule has 0 bridgehead atoms. The third kappa shape index (κ3) is 6.62. The van der Waals surface area contributed by atoms with Crippen LogP contribution in [-0.4, -0.2) is 0 Å². The second-order valence-electron chi connectivity index (χ2n) is 21.5. The van der Waals surface area contributed by atoms with Crippen molar-refractivity contribution < 1.29 is 0 Å². The Bertz CT molecular complexity index is 3850. The molecular formula is C73H59N. The van der Waals surface area contributed by atoms with E-state index in [0.29, 0.717) is 0 Å². The number of allylic oxidation sites excluding steroid dienone is 4. The van der Waals surface area contributed by atoms with Crippen molar-refractivity contribution in [2.45, 2.75) is 57.8 Å². The fourth-order valence-electron chi connectivity index (χ4n) is 13.5. The molecule has 0 saturated heterocycles. The lowest BCUT2D eigenvalue weighted by Gasteiger charge is -2.36. The van der Waals surface area contributed by atoms with Crippen molar-refractivity contribution in [3.05, 3.63) is 299 Å². The van der Waals surface area contributed by atoms with E-state index >= 15 is 0 Å². The Kier molecular flexibility index (Phi) is 10.6. The molecule has 3 aliphatic carbocycles. The molecule has 1 nitrogen and oxygen atoms in total. The molecule has 0 amide bonds. The maximum absolute atomic E-state index is 2.47. The number of fused-ring (bicyclic) bond motifs is 7. The molecule has 0 radical (unpaired) electrons. The molecule has 3 aliphatic rings. The number of anilines is 3. The molecule has 0 fully saturated rings. The van der Waals surface area contributed by atoms with Gasteiger partial charge in [0.15, 0.2) is 0 Å². The summed E-state index contributed by atoms with van der Waals surface area (Å²) in [5, 5.41) is 0. The average molecular weight is 950 g/mol. The van der Waals surface area contributed by atoms with Gasteiger partial charge in [0.25, 0.3) is 0 Å². The quantitative estimate of drug-likeness (QED) is 0.139. The van der Waals surface area contributed by atoms with Gasteiger partial charge in [-0.05, 0) is 150 Å². The second kappa shape index (κ2) is 17.3. The summed E-state index contributed by atoms with van der Waals surface area (Å²) in [6.45, 7) is 14.1. The van der Waals surface area contributed by atoms with Gasteiger partial charge in [-0.1, -0.05) is 246 Å². The Balaban J connectivity index is 1.06. The maximum Gasteiger partial charge on any atom is 0.0680 e. The smallest absolute Gasteiger partial charge is 0.0680 e. The van der Waals surface area contributed by atoms with E-state index in [4.69, 9.17) is 0 Å². The highest BCUT2D eigenvalue weighted by Gasteiger charge is 2.48. The van der Waals surface area contributed by atoms with Crippen LogP contribution in [0.4, 0.5) is 17.1 Å². The zero-order chi connectivity index (χ0) is 50.3. The van der Waals surface area contributed by atoms with Crippen LogP contribution in [0.25, 0.3) is 61.2 Å². The van der Waals surface area contributed by atoms with Crippen molar-refractivity contribution in [1.82, 2.24) is 0 Å². The molecule has 0 aromatic heterocycles. The number of rotatable bonds is 9. The van der Waals surface area contributed by atoms with Gasteiger partial charge >= 0.3 is 0 Å². The molecule has 0 N–H and O–H groups in total. The zero-order valence-corrected chi connectivity index (χ0v) is 43.1. The molecule has 0 heterocycles. The van der Waals surface area contributed by atoms with Crippen molar-refractivity contribution in [2.75, 3.05) is 4.90 Å². The monoisotopic (exact) mass is 949 g/mol. The standard InChI is InChI=1S/C73H59N/c1-7-24-55-48(2)73(51-27-13-9-14-28-51,52-29-15-10-16-30-52)70-57(45-46-61(69(55)70)60-34-23-37-65-68(60)62-33-18-21-36-64(62)71(65,3)4)50-39-41-53(42-40-50)74(67-38-22-19-31-56(67)49-25-11-8-12-26-49)54-43-44-59-58-32-17-20-35-63(58)72(5,6)66(59)47-54/h7-47H,1-6H3/b24-7-. The van der Waals surface area contributed by atoms with E-state index in [2.05, 4.69) is 295 Å². The number of nitrogens with zero attached hydrogens (tertiary/aromatic N) is 1. The third-order valence-electron chi connectivity index (χ3n) is 17.0. The van der Waals surface area contributed by atoms with Crippen LogP contribution in [0, 0.1) is 0 Å². The molecule has 0 unspecified atom stereocenters. The van der Waals surface area contributed by atoms with E-state index in [9.17, 15) is 0 Å². The molecule has 0 aliphatic heterocycles. The summed E-state index contributed by atoms with van der Waals surface area (Å²) in [7, 11) is 0. The van der Waals surface area contributed by atoms with E-state index in [1.165, 1.54) is 111 Å². The summed E-state index contributed by atoms with van der Waals surface area (Å²) in [6, 6.07) is 88.6. The largest absolute Gasteiger partial charge is 0.310 e. The summed E-state index contributed by atoms with van der Waals surface area (Å²) in [6.07, 6.45) is 4.60. The highest BCUT2D eigenvalue weighted by molar-refractivity contribution is 6.04. The summed E-state index contributed by atoms with van der Waals surface area (Å²) < 4.78 is 0. The minimum Gasteiger partial charge on any atom is -0.310 e. The van der Waals surface area contributed by atoms with Gasteiger partial charge in [-0.2, -0.15) is 0 Å². The fraction of sp³-hybridized carbons (Fsp3) is 0.123. The van der Waals surface area contributed by atoms with Gasteiger partial charge < -0.3 is 4.90 Å². The van der Waals surface area contributed by atoms with Crippen molar-refractivity contribution in [1.29, 1.82) is 0 Å². The van der Waals surface area contributed by atoms with Crippen LogP contribution in [0.3, 0.4) is 0 Å². The summed E-state index contributed by atoms with van der Waals surface area (Å²) in [4.78, 5) is 2.47. The average Bonchev–Trinajstić information content (AvgIpc) is 3.98. The van der Waals surface area contributed by atoms with Gasteiger partial charge in [0, 0.05) is 27.8 Å². The van der Waals surface area contributed by atoms with E-state index < -0.39 is 5.41 Å². The molecule has 0 saturated carbocycles. The van der Waals surface area contributed by atoms with E-state index in [1.54, 1.807) is 0 Å². The Labute approximate surface area is 437 Å². The molecule has 0 atom stereocenters. The minimum absolute atomic E-state index is 0.126. The van der Waals surface area contributed by atoms with Crippen LogP contribution in [0.15, 0.2) is 254 Å². The van der Waals surface area contributed by atoms with Crippen LogP contribution in [-0.2, 0) is 16.2 Å². The lowest BCUT2D eigenvalue weighted by Crippen LogP contribution is -2.29. The molecule has 10 aromatic rings. The van der Waals surface area contributed by atoms with E-state index in [1.807, 2.05) is 0 Å². The van der Waals surface area contributed by atoms with Gasteiger partial charge in [-0.25, -0.2) is 0 Å². The predicted octanol–water partition coefficient (Wildman–Crippen LogP) is 19.5. The van der Waals surface area contributed by atoms with Gasteiger partial charge in [0.2, 0.25) is 0 Å². The first-order chi connectivity index (χ1) is 36.1. The van der Waals surface area contributed by atoms with Crippen LogP contribution < -0.4 is 4.90 Å². The maximum atomic E-state index is 2.47. The van der Waals surface area contributed by atoms with Crippen LogP contribution >= 0.6 is 0 Å². The first kappa shape index (κ1) is 45.4. The molecule has 356 valence electrons. The molecule has 13 rings (SSSR count). The van der Waals surface area contributed by atoms with Crippen LogP contribution in [0.5, 0.6) is 0 Å². The highest BCUT2D eigenvalue weighted by Crippen LogP contribution is 2.61. The zero-order valence-electron chi connectivity index (χ0n) is 43.1. The minimum atomic E-state index is -0.596. The topological polar surface area (TPSA) is 3.24 Å². The summed E-state index contributed by atoms with van der Waals surface area (Å²) >= 11 is 0. The lowest BCUT2D eigenvalue weighted by molar-refractivity contribution is 0.660. The first-order valence-corrected chi connectivity index (χ1v) is 26.3. The number of para-hydroxylation sites is 1. The normalized spacial score (nSPS) is 15.1. The van der Waals surface area contributed by atoms with Crippen molar-refractivity contribution >= 4 is 22.6 Å². The van der Waals surface area contributed by atoms with E-state index in [0.717, 1.165) is 17.1 Å². The third-order valence-corrected chi connectivity index (χ3v) is 17.0. The van der Waals surface area contributed by atoms with Crippen molar-refractivity contribution in [2.24, 2.45) is 0 Å². The second-order valence-corrected chi connectivity index (χ2v) is 21.5. The van der Waals surface area contributed by atoms with Crippen molar-refractivity contribution in [3.8, 4) is 55.6 Å². The first-order valence-electron chi connectivity index (χ1n) is 26.3. The van der Waals surface area contributed by atoms with Gasteiger partial charge in [-0.15, -0.1) is 0 Å². The van der Waals surface area contributed by atoms with Crippen LogP contribution in [0.1, 0.15) is 86.1 Å². The Hall–Kier alpha value is -8.52. The highest BCUT2D eigenvalue weighted by atomic mass is 15.1. The predicted molar refractivity (Wildman–Crippen MR) is 313 cm³/mol. The van der Waals surface area contributed by atoms with Gasteiger partial charge in [0.05, 0.1) is 11.1 Å². The number of hydrogen-bond donors (Lipinski definition) is 0. The SMILES string of the molecule is C/C=C\C1=C(C)C(c2ccccc2)(c2ccccc2)c2c(-c3ccc(N(c4ccc5c(c4)C(C)(C)c4ccccc4-5)c4ccccc4-c4ccccc4)cc3)ccc(-c3cccc4c3-c3ccccc3C4(C)C)c21. The lowest BCUT2D eigenvalue weighted by atomic mass is 9.65. The fourth-order valence-corrected chi connectivity index (χ4v) is 13.5. The number of hydrogen-bond acceptors (Lipinski definition) is 1. The van der Waals surface area contributed by atoms with Crippen molar-refractivity contribution in [3.63, 3.8) is 0 Å². The van der Waals surface area contributed by atoms with Crippen LogP contribution in [0.2, 0.25) is 0 Å². The molecule has 74 heavy (non-hydrogen) atoms. The Morgan fingerprint density at radius 1 is 0.365 bits per heavy atom. The molecule has 10 aromatic carbocycles. The Morgan fingerprint density at radius 2 is 0.838 bits per heavy atom. The molecule has 0 spiro atoms. The number of benzene rings is 10. The van der Waals surface area contributed by atoms with Gasteiger partial charge in [0.1, 0.15) is 0 Å². The summed E-state index contributed by atoms with van der Waals surface area (Å²) in [5.41, 5.74) is 28.3. The summed E-state index contributed by atoms with van der Waals surface area (Å²) in [5.74, 6) is 0. The van der Waals surface area contributed by atoms with E-state index in [-0.39, 0.29) is 10.8 Å². The molecule has 1 heteroatoms. The Morgan fingerprint density at radius 3 is 1.51 bits per heavy atom.